The Morgan fingerprint density at radius 2 is 2.00 bits per heavy atom. The molecule has 0 saturated heterocycles. The van der Waals surface area contributed by atoms with E-state index in [1.807, 2.05) is 0 Å². The lowest BCUT2D eigenvalue weighted by atomic mass is 10.1. The van der Waals surface area contributed by atoms with Gasteiger partial charge in [0, 0.05) is 30.8 Å². The lowest BCUT2D eigenvalue weighted by Crippen LogP contribution is -2.22. The second-order valence-electron chi connectivity index (χ2n) is 6.22. The van der Waals surface area contributed by atoms with E-state index >= 15 is 0 Å². The molecular weight excluding hydrogens is 367 g/mol. The molecule has 9 heteroatoms. The summed E-state index contributed by atoms with van der Waals surface area (Å²) in [4.78, 5) is 24.9. The van der Waals surface area contributed by atoms with Crippen LogP contribution in [0.1, 0.15) is 29.2 Å². The number of nitrogens with zero attached hydrogens (tertiary/aromatic N) is 1. The fraction of sp³-hybridized carbons (Fsp3) is 0.444. The number of hydrogen-bond donors (Lipinski definition) is 0. The minimum absolute atomic E-state index is 0.00375. The second-order valence-corrected chi connectivity index (χ2v) is 6.22. The molecule has 1 saturated carbocycles. The normalized spacial score (nSPS) is 14.4. The molecule has 6 nitrogen and oxygen atoms in total. The molecule has 0 amide bonds. The zero-order chi connectivity index (χ0) is 19.6. The molecule has 0 spiro atoms. The third-order valence-electron chi connectivity index (χ3n) is 4.09. The van der Waals surface area contributed by atoms with Gasteiger partial charge < -0.3 is 18.8 Å². The fourth-order valence-electron chi connectivity index (χ4n) is 2.68. The van der Waals surface area contributed by atoms with Crippen LogP contribution in [-0.2, 0) is 9.47 Å². The highest BCUT2D eigenvalue weighted by atomic mass is 19.4. The summed E-state index contributed by atoms with van der Waals surface area (Å²) in [6, 6.07) is 4.12. The van der Waals surface area contributed by atoms with E-state index in [1.54, 1.807) is 4.57 Å². The van der Waals surface area contributed by atoms with Crippen LogP contribution in [0.3, 0.4) is 0 Å². The lowest BCUT2D eigenvalue weighted by Gasteiger charge is -2.14. The van der Waals surface area contributed by atoms with Crippen LogP contribution < -0.4 is 10.2 Å². The Hall–Kier alpha value is -2.55. The smallest absolute Gasteiger partial charge is 0.422 e. The number of ether oxygens (including phenoxy) is 3. The van der Waals surface area contributed by atoms with Gasteiger partial charge >= 0.3 is 12.1 Å². The van der Waals surface area contributed by atoms with Crippen molar-refractivity contribution in [1.82, 2.24) is 4.57 Å². The first kappa shape index (κ1) is 19.2. The van der Waals surface area contributed by atoms with Crippen molar-refractivity contribution in [3.05, 3.63) is 40.2 Å². The largest absolute Gasteiger partial charge is 0.484 e. The molecule has 1 aliphatic carbocycles. The zero-order valence-electron chi connectivity index (χ0n) is 14.5. The molecule has 0 aliphatic heterocycles. The van der Waals surface area contributed by atoms with E-state index in [-0.39, 0.29) is 36.0 Å². The Balaban J connectivity index is 1.98. The van der Waals surface area contributed by atoms with Crippen LogP contribution in [-0.4, -0.2) is 43.6 Å². The fourth-order valence-corrected chi connectivity index (χ4v) is 2.68. The Morgan fingerprint density at radius 3 is 2.63 bits per heavy atom. The van der Waals surface area contributed by atoms with Gasteiger partial charge in [0.1, 0.15) is 17.9 Å². The van der Waals surface area contributed by atoms with E-state index in [4.69, 9.17) is 14.2 Å². The summed E-state index contributed by atoms with van der Waals surface area (Å²) in [5.41, 5.74) is -0.225. The molecule has 0 unspecified atom stereocenters. The molecule has 146 valence electrons. The third-order valence-corrected chi connectivity index (χ3v) is 4.09. The third kappa shape index (κ3) is 4.60. The maximum atomic E-state index is 12.7. The number of carbonyl (C=O) groups is 1. The van der Waals surface area contributed by atoms with Crippen molar-refractivity contribution in [2.75, 3.05) is 26.9 Å². The maximum Gasteiger partial charge on any atom is 0.422 e. The van der Waals surface area contributed by atoms with Crippen LogP contribution in [0.2, 0.25) is 0 Å². The average molecular weight is 385 g/mol. The highest BCUT2D eigenvalue weighted by Gasteiger charge is 2.29. The summed E-state index contributed by atoms with van der Waals surface area (Å²) < 4.78 is 53.4. The molecule has 0 N–H and O–H groups in total. The van der Waals surface area contributed by atoms with Gasteiger partial charge in [-0.2, -0.15) is 13.2 Å². The predicted octanol–water partition coefficient (Wildman–Crippen LogP) is 3.08. The number of hydrogen-bond acceptors (Lipinski definition) is 5. The van der Waals surface area contributed by atoms with Gasteiger partial charge in [0.05, 0.1) is 12.1 Å². The van der Waals surface area contributed by atoms with Crippen LogP contribution in [0, 0.1) is 0 Å². The Kier molecular flexibility index (Phi) is 5.41. The molecule has 0 bridgehead atoms. The standard InChI is InChI=1S/C18H18F3NO5/c1-25-6-7-26-17(24)14-9-22(11-2-3-11)15-8-12(27-10-18(19,20)21)4-5-13(15)16(14)23/h4-5,8-9,11H,2-3,6-7,10H2,1H3. The number of carbonyl (C=O) groups excluding carboxylic acids is 1. The van der Waals surface area contributed by atoms with E-state index in [0.717, 1.165) is 12.8 Å². The van der Waals surface area contributed by atoms with E-state index in [0.29, 0.717) is 5.52 Å². The molecule has 0 atom stereocenters. The zero-order valence-corrected chi connectivity index (χ0v) is 14.5. The molecule has 3 rings (SSSR count). The van der Waals surface area contributed by atoms with Crippen molar-refractivity contribution in [3.63, 3.8) is 0 Å². The number of halogens is 3. The average Bonchev–Trinajstić information content (AvgIpc) is 3.44. The number of methoxy groups -OCH3 is 1. The van der Waals surface area contributed by atoms with Gasteiger partial charge in [-0.15, -0.1) is 0 Å². The minimum atomic E-state index is -4.46. The van der Waals surface area contributed by atoms with Crippen LogP contribution in [0.4, 0.5) is 13.2 Å². The van der Waals surface area contributed by atoms with Crippen molar-refractivity contribution >= 4 is 16.9 Å². The summed E-state index contributed by atoms with van der Waals surface area (Å²) in [5.74, 6) is -0.755. The van der Waals surface area contributed by atoms with Crippen LogP contribution in [0.25, 0.3) is 10.9 Å². The van der Waals surface area contributed by atoms with Gasteiger partial charge in [-0.05, 0) is 25.0 Å². The quantitative estimate of drug-likeness (QED) is 0.541. The predicted molar refractivity (Wildman–Crippen MR) is 90.2 cm³/mol. The van der Waals surface area contributed by atoms with Crippen molar-refractivity contribution in [3.8, 4) is 5.75 Å². The highest BCUT2D eigenvalue weighted by Crippen LogP contribution is 2.37. The molecule has 27 heavy (non-hydrogen) atoms. The van der Waals surface area contributed by atoms with Gasteiger partial charge in [0.2, 0.25) is 5.43 Å². The van der Waals surface area contributed by atoms with Gasteiger partial charge in [0.25, 0.3) is 0 Å². The SMILES string of the molecule is COCCOC(=O)c1cn(C2CC2)c2cc(OCC(F)(F)F)ccc2c1=O. The number of pyridine rings is 1. The second kappa shape index (κ2) is 7.59. The molecular formula is C18H18F3NO5. The number of rotatable bonds is 7. The lowest BCUT2D eigenvalue weighted by molar-refractivity contribution is -0.153. The maximum absolute atomic E-state index is 12.7. The van der Waals surface area contributed by atoms with E-state index < -0.39 is 24.2 Å². The molecule has 1 aromatic carbocycles. The summed E-state index contributed by atoms with van der Waals surface area (Å²) >= 11 is 0. The monoisotopic (exact) mass is 385 g/mol. The molecule has 0 radical (unpaired) electrons. The molecule has 1 aromatic heterocycles. The summed E-state index contributed by atoms with van der Waals surface area (Å²) in [6.07, 6.45) is -1.35. The van der Waals surface area contributed by atoms with E-state index in [9.17, 15) is 22.8 Å². The molecule has 1 heterocycles. The van der Waals surface area contributed by atoms with Crippen LogP contribution >= 0.6 is 0 Å². The topological polar surface area (TPSA) is 66.8 Å². The number of benzene rings is 1. The van der Waals surface area contributed by atoms with Gasteiger partial charge in [-0.1, -0.05) is 0 Å². The molecule has 2 aromatic rings. The summed E-state index contributed by atoms with van der Waals surface area (Å²) in [7, 11) is 1.46. The first-order chi connectivity index (χ1) is 12.8. The number of esters is 1. The van der Waals surface area contributed by atoms with Crippen LogP contribution in [0.5, 0.6) is 5.75 Å². The van der Waals surface area contributed by atoms with Crippen molar-refractivity contribution in [1.29, 1.82) is 0 Å². The minimum Gasteiger partial charge on any atom is -0.484 e. The molecule has 1 aliphatic rings. The number of fused-ring (bicyclic) bond motifs is 1. The van der Waals surface area contributed by atoms with Crippen molar-refractivity contribution in [2.24, 2.45) is 0 Å². The van der Waals surface area contributed by atoms with Crippen molar-refractivity contribution < 1.29 is 32.2 Å². The van der Waals surface area contributed by atoms with Crippen molar-refractivity contribution in [2.45, 2.75) is 25.1 Å². The van der Waals surface area contributed by atoms with Crippen LogP contribution in [0.15, 0.2) is 29.2 Å². The highest BCUT2D eigenvalue weighted by molar-refractivity contribution is 5.94. The van der Waals surface area contributed by atoms with Gasteiger partial charge in [0.15, 0.2) is 6.61 Å². The number of alkyl halides is 3. The van der Waals surface area contributed by atoms with Gasteiger partial charge in [-0.3, -0.25) is 4.79 Å². The molecule has 1 fully saturated rings. The number of aromatic nitrogens is 1. The van der Waals surface area contributed by atoms with E-state index in [2.05, 4.69) is 0 Å². The Morgan fingerprint density at radius 1 is 1.26 bits per heavy atom. The van der Waals surface area contributed by atoms with E-state index in [1.165, 1.54) is 31.5 Å². The van der Waals surface area contributed by atoms with Gasteiger partial charge in [-0.25, -0.2) is 4.79 Å². The first-order valence-electron chi connectivity index (χ1n) is 8.34. The Bertz CT molecular complexity index is 902. The first-order valence-corrected chi connectivity index (χ1v) is 8.34. The summed E-state index contributed by atoms with van der Waals surface area (Å²) in [5, 5.41) is 0.224. The Labute approximate surface area is 152 Å². The summed E-state index contributed by atoms with van der Waals surface area (Å²) in [6.45, 7) is -1.20.